The van der Waals surface area contributed by atoms with Gasteiger partial charge < -0.3 is 5.11 Å². The van der Waals surface area contributed by atoms with Crippen molar-refractivity contribution in [2.24, 2.45) is 5.92 Å². The Hall–Kier alpha value is -2.75. The fraction of sp³-hybridized carbons (Fsp3) is 0.0625. The van der Waals surface area contributed by atoms with Crippen LogP contribution < -0.4 is 0 Å². The number of para-hydroxylation sites is 1. The molecule has 3 rings (SSSR count). The van der Waals surface area contributed by atoms with E-state index in [1.807, 2.05) is 0 Å². The Morgan fingerprint density at radius 2 is 1.35 bits per heavy atom. The van der Waals surface area contributed by atoms with Crippen LogP contribution in [0.2, 0.25) is 0 Å². The third-order valence-corrected chi connectivity index (χ3v) is 3.41. The lowest BCUT2D eigenvalue weighted by molar-refractivity contribution is 0.0755. The van der Waals surface area contributed by atoms with Crippen molar-refractivity contribution in [3.8, 4) is 5.75 Å². The number of hydrogen-bond donors (Lipinski definition) is 1. The highest BCUT2D eigenvalue weighted by Gasteiger charge is 2.43. The molecule has 1 N–H and O–H groups in total. The van der Waals surface area contributed by atoms with E-state index in [0.29, 0.717) is 0 Å². The predicted octanol–water partition coefficient (Wildman–Crippen LogP) is 2.27. The molecule has 0 saturated heterocycles. The molecule has 0 aliphatic heterocycles. The van der Waals surface area contributed by atoms with E-state index in [9.17, 15) is 19.5 Å². The second-order valence-electron chi connectivity index (χ2n) is 4.59. The summed E-state index contributed by atoms with van der Waals surface area (Å²) in [5.74, 6) is -3.26. The Bertz CT molecular complexity index is 711. The molecule has 1 aliphatic rings. The lowest BCUT2D eigenvalue weighted by atomic mass is 9.93. The molecular weight excluding hydrogens is 256 g/mol. The fourth-order valence-electron chi connectivity index (χ4n) is 2.42. The van der Waals surface area contributed by atoms with Crippen molar-refractivity contribution in [2.45, 2.75) is 0 Å². The number of Topliss-reactive ketones (excluding diaryl/α,β-unsaturated/α-hetero) is 3. The van der Waals surface area contributed by atoms with Gasteiger partial charge in [0, 0.05) is 11.1 Å². The first-order valence-corrected chi connectivity index (χ1v) is 6.11. The van der Waals surface area contributed by atoms with Gasteiger partial charge in [-0.05, 0) is 12.1 Å². The quantitative estimate of drug-likeness (QED) is 0.668. The van der Waals surface area contributed by atoms with Crippen LogP contribution in [0.1, 0.15) is 31.1 Å². The summed E-state index contributed by atoms with van der Waals surface area (Å²) in [6, 6.07) is 12.3. The van der Waals surface area contributed by atoms with Crippen LogP contribution in [-0.2, 0) is 0 Å². The summed E-state index contributed by atoms with van der Waals surface area (Å²) >= 11 is 0. The highest BCUT2D eigenvalue weighted by molar-refractivity contribution is 6.38. The average Bonchev–Trinajstić information content (AvgIpc) is 2.71. The van der Waals surface area contributed by atoms with E-state index < -0.39 is 23.3 Å². The molecule has 2 aromatic carbocycles. The number of benzene rings is 2. The molecule has 0 fully saturated rings. The minimum Gasteiger partial charge on any atom is -0.507 e. The van der Waals surface area contributed by atoms with E-state index >= 15 is 0 Å². The van der Waals surface area contributed by atoms with Gasteiger partial charge in [0.15, 0.2) is 17.3 Å². The molecule has 4 nitrogen and oxygen atoms in total. The molecule has 98 valence electrons. The van der Waals surface area contributed by atoms with Crippen LogP contribution in [0.5, 0.6) is 5.75 Å². The number of rotatable bonds is 2. The topological polar surface area (TPSA) is 71.4 Å². The number of phenolic OH excluding ortho intramolecular Hbond substituents is 1. The Labute approximate surface area is 114 Å². The zero-order chi connectivity index (χ0) is 14.3. The van der Waals surface area contributed by atoms with Gasteiger partial charge in [-0.1, -0.05) is 36.4 Å². The van der Waals surface area contributed by atoms with Crippen molar-refractivity contribution in [1.29, 1.82) is 0 Å². The van der Waals surface area contributed by atoms with Crippen LogP contribution in [0.3, 0.4) is 0 Å². The van der Waals surface area contributed by atoms with Gasteiger partial charge in [0.2, 0.25) is 0 Å². The van der Waals surface area contributed by atoms with Crippen molar-refractivity contribution < 1.29 is 19.5 Å². The summed E-state index contributed by atoms with van der Waals surface area (Å²) in [6.07, 6.45) is 0. The van der Waals surface area contributed by atoms with E-state index in [0.717, 1.165) is 0 Å². The molecule has 1 aliphatic carbocycles. The van der Waals surface area contributed by atoms with Gasteiger partial charge >= 0.3 is 0 Å². The van der Waals surface area contributed by atoms with Crippen LogP contribution in [0.25, 0.3) is 0 Å². The number of fused-ring (bicyclic) bond motifs is 1. The van der Waals surface area contributed by atoms with Crippen LogP contribution in [0, 0.1) is 5.92 Å². The number of aromatic hydroxyl groups is 1. The van der Waals surface area contributed by atoms with Gasteiger partial charge in [0.1, 0.15) is 11.7 Å². The van der Waals surface area contributed by atoms with Gasteiger partial charge in [-0.25, -0.2) is 0 Å². The maximum atomic E-state index is 12.4. The molecule has 4 heteroatoms. The second-order valence-corrected chi connectivity index (χ2v) is 4.59. The number of ketones is 3. The van der Waals surface area contributed by atoms with E-state index in [-0.39, 0.29) is 22.4 Å². The van der Waals surface area contributed by atoms with E-state index in [4.69, 9.17) is 0 Å². The maximum Gasteiger partial charge on any atom is 0.185 e. The first-order valence-electron chi connectivity index (χ1n) is 6.11. The number of carbonyl (C=O) groups excluding carboxylic acids is 3. The SMILES string of the molecule is O=C(c1ccccc1O)C1C(=O)c2ccccc2C1=O. The van der Waals surface area contributed by atoms with Gasteiger partial charge in [-0.15, -0.1) is 0 Å². The number of phenols is 1. The largest absolute Gasteiger partial charge is 0.507 e. The third-order valence-electron chi connectivity index (χ3n) is 3.41. The molecule has 20 heavy (non-hydrogen) atoms. The third kappa shape index (κ3) is 1.66. The Balaban J connectivity index is 2.06. The summed E-state index contributed by atoms with van der Waals surface area (Å²) in [5.41, 5.74) is 0.532. The Kier molecular flexibility index (Phi) is 2.71. The zero-order valence-corrected chi connectivity index (χ0v) is 10.4. The highest BCUT2D eigenvalue weighted by Crippen LogP contribution is 2.31. The molecule has 0 amide bonds. The molecule has 0 aromatic heterocycles. The van der Waals surface area contributed by atoms with Crippen molar-refractivity contribution in [3.63, 3.8) is 0 Å². The zero-order valence-electron chi connectivity index (χ0n) is 10.4. The lowest BCUT2D eigenvalue weighted by Crippen LogP contribution is -2.25. The standard InChI is InChI=1S/C16H10O4/c17-12-8-4-3-7-11(12)16(20)13-14(18)9-5-1-2-6-10(9)15(13)19/h1-8,13,17H. The minimum atomic E-state index is -1.37. The maximum absolute atomic E-state index is 12.4. The molecule has 0 unspecified atom stereocenters. The first-order chi connectivity index (χ1) is 9.61. The number of carbonyl (C=O) groups is 3. The molecule has 0 atom stereocenters. The summed E-state index contributed by atoms with van der Waals surface area (Å²) in [5, 5.41) is 9.69. The van der Waals surface area contributed by atoms with Gasteiger partial charge in [-0.2, -0.15) is 0 Å². The lowest BCUT2D eigenvalue weighted by Gasteiger charge is -2.07. The van der Waals surface area contributed by atoms with Gasteiger partial charge in [0.25, 0.3) is 0 Å². The van der Waals surface area contributed by atoms with E-state index in [1.165, 1.54) is 24.3 Å². The fourth-order valence-corrected chi connectivity index (χ4v) is 2.42. The normalized spacial score (nSPS) is 14.4. The minimum absolute atomic E-state index is 0.00740. The summed E-state index contributed by atoms with van der Waals surface area (Å²) < 4.78 is 0. The average molecular weight is 266 g/mol. The summed E-state index contributed by atoms with van der Waals surface area (Å²) in [6.45, 7) is 0. The summed E-state index contributed by atoms with van der Waals surface area (Å²) in [7, 11) is 0. The Morgan fingerprint density at radius 3 is 1.90 bits per heavy atom. The summed E-state index contributed by atoms with van der Waals surface area (Å²) in [4.78, 5) is 36.8. The van der Waals surface area contributed by atoms with Gasteiger partial charge in [0.05, 0.1) is 5.56 Å². The molecule has 0 saturated carbocycles. The van der Waals surface area contributed by atoms with E-state index in [2.05, 4.69) is 0 Å². The monoisotopic (exact) mass is 266 g/mol. The highest BCUT2D eigenvalue weighted by atomic mass is 16.3. The molecule has 0 bridgehead atoms. The van der Waals surface area contributed by atoms with E-state index in [1.54, 1.807) is 24.3 Å². The van der Waals surface area contributed by atoms with Crippen LogP contribution in [-0.4, -0.2) is 22.5 Å². The van der Waals surface area contributed by atoms with Gasteiger partial charge in [-0.3, -0.25) is 14.4 Å². The van der Waals surface area contributed by atoms with Crippen molar-refractivity contribution in [1.82, 2.24) is 0 Å². The molecule has 0 radical (unpaired) electrons. The van der Waals surface area contributed by atoms with Crippen molar-refractivity contribution in [2.75, 3.05) is 0 Å². The molecule has 0 spiro atoms. The van der Waals surface area contributed by atoms with Crippen LogP contribution >= 0.6 is 0 Å². The van der Waals surface area contributed by atoms with Crippen LogP contribution in [0.15, 0.2) is 48.5 Å². The predicted molar refractivity (Wildman–Crippen MR) is 71.0 cm³/mol. The second kappa shape index (κ2) is 4.42. The molecule has 2 aromatic rings. The van der Waals surface area contributed by atoms with Crippen molar-refractivity contribution >= 4 is 17.3 Å². The molecular formula is C16H10O4. The smallest absolute Gasteiger partial charge is 0.185 e. The van der Waals surface area contributed by atoms with Crippen LogP contribution in [0.4, 0.5) is 0 Å². The molecule has 0 heterocycles. The first kappa shape index (κ1) is 12.3. The van der Waals surface area contributed by atoms with Crippen molar-refractivity contribution in [3.05, 3.63) is 65.2 Å². The number of hydrogen-bond acceptors (Lipinski definition) is 4. The Morgan fingerprint density at radius 1 is 0.850 bits per heavy atom.